The second-order valence-electron chi connectivity index (χ2n) is 4.83. The first-order valence-electron chi connectivity index (χ1n) is 6.92. The Hall–Kier alpha value is -2.94. The molecule has 0 saturated heterocycles. The molecule has 112 valence electrons. The highest BCUT2D eigenvalue weighted by molar-refractivity contribution is 5.66. The zero-order valence-corrected chi connectivity index (χ0v) is 11.9. The zero-order chi connectivity index (χ0) is 15.8. The average molecular weight is 296 g/mol. The lowest BCUT2D eigenvalue weighted by Crippen LogP contribution is -2.24. The Kier molecular flexibility index (Phi) is 5.44. The van der Waals surface area contributed by atoms with E-state index in [9.17, 15) is 4.79 Å². The van der Waals surface area contributed by atoms with Gasteiger partial charge in [0, 0.05) is 24.9 Å². The summed E-state index contributed by atoms with van der Waals surface area (Å²) >= 11 is 0. The summed E-state index contributed by atoms with van der Waals surface area (Å²) < 4.78 is 0. The molecule has 0 aliphatic rings. The number of benzene rings is 1. The lowest BCUT2D eigenvalue weighted by Gasteiger charge is -2.19. The van der Waals surface area contributed by atoms with Gasteiger partial charge in [-0.2, -0.15) is 5.26 Å². The van der Waals surface area contributed by atoms with Gasteiger partial charge in [0.1, 0.15) is 6.07 Å². The molecule has 0 amide bonds. The third kappa shape index (κ3) is 4.56. The number of rotatable bonds is 7. The molecular weight excluding hydrogens is 280 g/mol. The second-order valence-corrected chi connectivity index (χ2v) is 4.83. The van der Waals surface area contributed by atoms with E-state index in [1.54, 1.807) is 0 Å². The Labute approximate surface area is 128 Å². The van der Waals surface area contributed by atoms with Crippen LogP contribution in [0.5, 0.6) is 0 Å². The molecule has 6 heteroatoms. The predicted octanol–water partition coefficient (Wildman–Crippen LogP) is 2.24. The molecule has 22 heavy (non-hydrogen) atoms. The number of hydrogen-bond donors (Lipinski definition) is 2. The van der Waals surface area contributed by atoms with Crippen LogP contribution in [0.25, 0.3) is 0 Å². The van der Waals surface area contributed by atoms with Crippen molar-refractivity contribution < 1.29 is 9.90 Å². The van der Waals surface area contributed by atoms with Crippen molar-refractivity contribution in [2.24, 2.45) is 0 Å². The summed E-state index contributed by atoms with van der Waals surface area (Å²) in [5.41, 5.74) is 1.30. The highest BCUT2D eigenvalue weighted by Crippen LogP contribution is 2.15. The van der Waals surface area contributed by atoms with E-state index in [1.807, 2.05) is 36.4 Å². The first-order chi connectivity index (χ1) is 10.7. The topological polar surface area (TPSA) is 98.9 Å². The van der Waals surface area contributed by atoms with Crippen LogP contribution in [-0.4, -0.2) is 27.1 Å². The molecule has 0 spiro atoms. The van der Waals surface area contributed by atoms with Crippen molar-refractivity contribution in [1.82, 2.24) is 9.97 Å². The van der Waals surface area contributed by atoms with Gasteiger partial charge in [0.2, 0.25) is 0 Å². The standard InChI is InChI=1S/C16H16N4O2/c17-11-14-16(19-9-8-18-14)20-13(6-7-15(21)22)10-12-4-2-1-3-5-12/h1-5,8-9,13H,6-7,10H2,(H,19,20)(H,21,22). The monoisotopic (exact) mass is 296 g/mol. The predicted molar refractivity (Wildman–Crippen MR) is 81.2 cm³/mol. The minimum absolute atomic E-state index is 0.0483. The van der Waals surface area contributed by atoms with Gasteiger partial charge in [-0.05, 0) is 18.4 Å². The van der Waals surface area contributed by atoms with Crippen molar-refractivity contribution in [3.8, 4) is 6.07 Å². The van der Waals surface area contributed by atoms with Crippen molar-refractivity contribution in [2.45, 2.75) is 25.3 Å². The van der Waals surface area contributed by atoms with Crippen molar-refractivity contribution >= 4 is 11.8 Å². The van der Waals surface area contributed by atoms with E-state index < -0.39 is 5.97 Å². The minimum Gasteiger partial charge on any atom is -0.481 e. The quantitative estimate of drug-likeness (QED) is 0.813. The Morgan fingerprint density at radius 2 is 2.00 bits per heavy atom. The van der Waals surface area contributed by atoms with Crippen LogP contribution < -0.4 is 5.32 Å². The van der Waals surface area contributed by atoms with Gasteiger partial charge in [-0.1, -0.05) is 30.3 Å². The summed E-state index contributed by atoms with van der Waals surface area (Å²) in [5.74, 6) is -0.462. The molecule has 1 heterocycles. The maximum Gasteiger partial charge on any atom is 0.303 e. The van der Waals surface area contributed by atoms with Crippen LogP contribution in [0, 0.1) is 11.3 Å². The highest BCUT2D eigenvalue weighted by atomic mass is 16.4. The van der Waals surface area contributed by atoms with Crippen LogP contribution in [0.3, 0.4) is 0 Å². The molecule has 0 aliphatic heterocycles. The van der Waals surface area contributed by atoms with E-state index in [1.165, 1.54) is 12.4 Å². The van der Waals surface area contributed by atoms with Gasteiger partial charge in [0.05, 0.1) is 0 Å². The molecule has 0 saturated carbocycles. The maximum absolute atomic E-state index is 10.8. The van der Waals surface area contributed by atoms with Crippen LogP contribution in [0.4, 0.5) is 5.82 Å². The van der Waals surface area contributed by atoms with Crippen molar-refractivity contribution in [3.63, 3.8) is 0 Å². The highest BCUT2D eigenvalue weighted by Gasteiger charge is 2.14. The van der Waals surface area contributed by atoms with Crippen LogP contribution in [0.15, 0.2) is 42.7 Å². The largest absolute Gasteiger partial charge is 0.481 e. The second kappa shape index (κ2) is 7.74. The molecule has 6 nitrogen and oxygen atoms in total. The molecule has 0 aliphatic carbocycles. The fraction of sp³-hybridized carbons (Fsp3) is 0.250. The third-order valence-electron chi connectivity index (χ3n) is 3.18. The number of aromatic nitrogens is 2. The fourth-order valence-electron chi connectivity index (χ4n) is 2.14. The first-order valence-corrected chi connectivity index (χ1v) is 6.92. The Morgan fingerprint density at radius 1 is 1.27 bits per heavy atom. The van der Waals surface area contributed by atoms with Gasteiger partial charge in [0.15, 0.2) is 11.5 Å². The molecule has 1 aromatic carbocycles. The third-order valence-corrected chi connectivity index (χ3v) is 3.18. The van der Waals surface area contributed by atoms with Gasteiger partial charge in [-0.25, -0.2) is 9.97 Å². The SMILES string of the molecule is N#Cc1nccnc1NC(CCC(=O)O)Cc1ccccc1. The molecule has 0 fully saturated rings. The number of anilines is 1. The molecule has 0 bridgehead atoms. The number of nitriles is 1. The maximum atomic E-state index is 10.8. The summed E-state index contributed by atoms with van der Waals surface area (Å²) in [5, 5.41) is 21.1. The molecule has 1 unspecified atom stereocenters. The van der Waals surface area contributed by atoms with Gasteiger partial charge >= 0.3 is 5.97 Å². The van der Waals surface area contributed by atoms with E-state index in [4.69, 9.17) is 10.4 Å². The fourth-order valence-corrected chi connectivity index (χ4v) is 2.14. The molecule has 2 N–H and O–H groups in total. The minimum atomic E-state index is -0.848. The van der Waals surface area contributed by atoms with Crippen LogP contribution >= 0.6 is 0 Å². The molecule has 2 rings (SSSR count). The van der Waals surface area contributed by atoms with E-state index in [0.29, 0.717) is 18.7 Å². The molecule has 0 radical (unpaired) electrons. The number of carbonyl (C=O) groups is 1. The zero-order valence-electron chi connectivity index (χ0n) is 11.9. The van der Waals surface area contributed by atoms with Gasteiger partial charge in [-0.3, -0.25) is 4.79 Å². The summed E-state index contributed by atoms with van der Waals surface area (Å²) in [7, 11) is 0. The van der Waals surface area contributed by atoms with E-state index >= 15 is 0 Å². The van der Waals surface area contributed by atoms with E-state index in [2.05, 4.69) is 15.3 Å². The average Bonchev–Trinajstić information content (AvgIpc) is 2.54. The Bertz CT molecular complexity index is 667. The van der Waals surface area contributed by atoms with Crippen molar-refractivity contribution in [1.29, 1.82) is 5.26 Å². The van der Waals surface area contributed by atoms with Gasteiger partial charge < -0.3 is 10.4 Å². The van der Waals surface area contributed by atoms with E-state index in [0.717, 1.165) is 5.56 Å². The summed E-state index contributed by atoms with van der Waals surface area (Å²) in [6.07, 6.45) is 4.08. The van der Waals surface area contributed by atoms with E-state index in [-0.39, 0.29) is 18.2 Å². The number of nitrogens with one attached hydrogen (secondary N) is 1. The smallest absolute Gasteiger partial charge is 0.303 e. The van der Waals surface area contributed by atoms with Crippen LogP contribution in [0.2, 0.25) is 0 Å². The molecule has 1 aromatic heterocycles. The van der Waals surface area contributed by atoms with Crippen molar-refractivity contribution in [2.75, 3.05) is 5.32 Å². The number of aliphatic carboxylic acids is 1. The van der Waals surface area contributed by atoms with Gasteiger partial charge in [0.25, 0.3) is 0 Å². The molecule has 1 atom stereocenters. The Balaban J connectivity index is 2.13. The van der Waals surface area contributed by atoms with Crippen LogP contribution in [0.1, 0.15) is 24.1 Å². The summed E-state index contributed by atoms with van der Waals surface area (Å²) in [6.45, 7) is 0. The first kappa shape index (κ1) is 15.4. The number of nitrogens with zero attached hydrogens (tertiary/aromatic N) is 3. The van der Waals surface area contributed by atoms with Crippen molar-refractivity contribution in [3.05, 3.63) is 54.0 Å². The molecule has 2 aromatic rings. The summed E-state index contributed by atoms with van der Waals surface area (Å²) in [4.78, 5) is 18.9. The lowest BCUT2D eigenvalue weighted by molar-refractivity contribution is -0.137. The van der Waals surface area contributed by atoms with Gasteiger partial charge in [-0.15, -0.1) is 0 Å². The number of hydrogen-bond acceptors (Lipinski definition) is 5. The lowest BCUT2D eigenvalue weighted by atomic mass is 10.0. The molecular formula is C16H16N4O2. The normalized spacial score (nSPS) is 11.4. The Morgan fingerprint density at radius 3 is 2.68 bits per heavy atom. The number of carboxylic acids is 1. The number of carboxylic acid groups (broad SMARTS) is 1. The summed E-state index contributed by atoms with van der Waals surface area (Å²) in [6, 6.07) is 11.6. The van der Waals surface area contributed by atoms with Crippen LogP contribution in [-0.2, 0) is 11.2 Å².